The third-order valence-electron chi connectivity index (χ3n) is 3.69. The van der Waals surface area contributed by atoms with Gasteiger partial charge in [0.15, 0.2) is 0 Å². The smallest absolute Gasteiger partial charge is 0.462 e. The van der Waals surface area contributed by atoms with Crippen molar-refractivity contribution in [2.24, 2.45) is 0 Å². The lowest BCUT2D eigenvalue weighted by Crippen LogP contribution is -2.28. The maximum absolute atomic E-state index is 12.3. The van der Waals surface area contributed by atoms with Crippen molar-refractivity contribution in [2.45, 2.75) is 32.7 Å². The molecule has 0 spiro atoms. The summed E-state index contributed by atoms with van der Waals surface area (Å²) in [5.74, 6) is -0.797. The molecule has 0 radical (unpaired) electrons. The summed E-state index contributed by atoms with van der Waals surface area (Å²) < 4.78 is 45.7. The first-order valence-corrected chi connectivity index (χ1v) is 8.93. The molecule has 2 N–H and O–H groups in total. The predicted molar refractivity (Wildman–Crippen MR) is 101 cm³/mol. The topological polar surface area (TPSA) is 76.7 Å². The number of hydrogen-bond donors (Lipinski definition) is 2. The lowest BCUT2D eigenvalue weighted by Gasteiger charge is -2.11. The minimum absolute atomic E-state index is 0.00271. The molecule has 0 saturated carbocycles. The molecular weight excluding hydrogens is 389 g/mol. The summed E-state index contributed by atoms with van der Waals surface area (Å²) in [5.41, 5.74) is 1.25. The van der Waals surface area contributed by atoms with Crippen molar-refractivity contribution in [3.8, 4) is 5.75 Å². The van der Waals surface area contributed by atoms with Crippen LogP contribution in [-0.2, 0) is 11.3 Å². The fourth-order valence-corrected chi connectivity index (χ4v) is 2.29. The van der Waals surface area contributed by atoms with Crippen LogP contribution >= 0.6 is 0 Å². The number of alkyl halides is 3. The summed E-state index contributed by atoms with van der Waals surface area (Å²) in [6, 6.07) is 10.9. The molecule has 0 aliphatic rings. The van der Waals surface area contributed by atoms with Crippen LogP contribution in [0.4, 0.5) is 23.7 Å². The highest BCUT2D eigenvalue weighted by atomic mass is 19.4. The number of unbranched alkanes of at least 4 members (excludes halogenated alkanes) is 1. The fraction of sp³-hybridized carbons (Fsp3) is 0.300. The average Bonchev–Trinajstić information content (AvgIpc) is 2.66. The van der Waals surface area contributed by atoms with Gasteiger partial charge in [0, 0.05) is 12.2 Å². The third-order valence-corrected chi connectivity index (χ3v) is 3.69. The Morgan fingerprint density at radius 1 is 1.07 bits per heavy atom. The van der Waals surface area contributed by atoms with Crippen LogP contribution in [0.1, 0.15) is 35.7 Å². The van der Waals surface area contributed by atoms with E-state index in [2.05, 4.69) is 15.4 Å². The molecule has 0 heterocycles. The van der Waals surface area contributed by atoms with Gasteiger partial charge in [-0.2, -0.15) is 0 Å². The van der Waals surface area contributed by atoms with Gasteiger partial charge in [0.1, 0.15) is 5.75 Å². The fourth-order valence-electron chi connectivity index (χ4n) is 2.29. The highest BCUT2D eigenvalue weighted by Gasteiger charge is 2.31. The predicted octanol–water partition coefficient (Wildman–Crippen LogP) is 4.86. The molecule has 2 aromatic rings. The normalized spacial score (nSPS) is 10.9. The number of nitrogens with one attached hydrogen (secondary N) is 2. The van der Waals surface area contributed by atoms with Gasteiger partial charge in [-0.1, -0.05) is 25.5 Å². The standard InChI is InChI=1S/C20H21F3N2O4/c1-2-3-11-28-18(26)15-7-9-16(10-8-15)25-19(27)24-13-14-5-4-6-17(12-14)29-20(21,22)23/h4-10,12H,2-3,11,13H2,1H3,(H2,24,25,27). The molecule has 6 nitrogen and oxygen atoms in total. The molecule has 2 aromatic carbocycles. The van der Waals surface area contributed by atoms with E-state index < -0.39 is 18.4 Å². The Bertz CT molecular complexity index is 823. The van der Waals surface area contributed by atoms with Gasteiger partial charge < -0.3 is 20.1 Å². The molecule has 0 atom stereocenters. The molecule has 0 unspecified atom stereocenters. The van der Waals surface area contributed by atoms with Gasteiger partial charge in [0.05, 0.1) is 12.2 Å². The number of urea groups is 1. The summed E-state index contributed by atoms with van der Waals surface area (Å²) in [4.78, 5) is 23.8. The van der Waals surface area contributed by atoms with E-state index in [1.54, 1.807) is 18.2 Å². The first-order valence-electron chi connectivity index (χ1n) is 8.93. The third kappa shape index (κ3) is 8.12. The van der Waals surface area contributed by atoms with E-state index >= 15 is 0 Å². The maximum atomic E-state index is 12.3. The van der Waals surface area contributed by atoms with Gasteiger partial charge in [0.2, 0.25) is 0 Å². The van der Waals surface area contributed by atoms with Crippen molar-refractivity contribution in [2.75, 3.05) is 11.9 Å². The zero-order valence-electron chi connectivity index (χ0n) is 15.7. The Hall–Kier alpha value is -3.23. The van der Waals surface area contributed by atoms with Crippen LogP contribution in [0.15, 0.2) is 48.5 Å². The lowest BCUT2D eigenvalue weighted by molar-refractivity contribution is -0.274. The quantitative estimate of drug-likeness (QED) is 0.481. The molecule has 2 rings (SSSR count). The number of benzene rings is 2. The summed E-state index contributed by atoms with van der Waals surface area (Å²) in [6.45, 7) is 2.35. The van der Waals surface area contributed by atoms with E-state index in [0.29, 0.717) is 23.4 Å². The van der Waals surface area contributed by atoms with Crippen LogP contribution in [0, 0.1) is 0 Å². The van der Waals surface area contributed by atoms with E-state index in [1.807, 2.05) is 6.92 Å². The van der Waals surface area contributed by atoms with Crippen LogP contribution in [0.2, 0.25) is 0 Å². The molecule has 0 fully saturated rings. The molecule has 9 heteroatoms. The van der Waals surface area contributed by atoms with Crippen LogP contribution in [0.3, 0.4) is 0 Å². The van der Waals surface area contributed by atoms with Crippen LogP contribution in [-0.4, -0.2) is 25.0 Å². The van der Waals surface area contributed by atoms with Gasteiger partial charge in [-0.25, -0.2) is 9.59 Å². The number of rotatable bonds is 8. The molecule has 0 aliphatic heterocycles. The zero-order chi connectivity index (χ0) is 21.3. The molecule has 0 bridgehead atoms. The van der Waals surface area contributed by atoms with Crippen molar-refractivity contribution >= 4 is 17.7 Å². The zero-order valence-corrected chi connectivity index (χ0v) is 15.7. The molecule has 0 saturated heterocycles. The van der Waals surface area contributed by atoms with Crippen LogP contribution < -0.4 is 15.4 Å². The minimum atomic E-state index is -4.78. The molecular formula is C20H21F3N2O4. The van der Waals surface area contributed by atoms with Gasteiger partial charge in [-0.3, -0.25) is 0 Å². The number of halogens is 3. The Balaban J connectivity index is 1.83. The molecule has 156 valence electrons. The number of carbonyl (C=O) groups excluding carboxylic acids is 2. The number of anilines is 1. The van der Waals surface area contributed by atoms with Crippen molar-refractivity contribution in [3.05, 3.63) is 59.7 Å². The van der Waals surface area contributed by atoms with Gasteiger partial charge >= 0.3 is 18.4 Å². The van der Waals surface area contributed by atoms with Gasteiger partial charge in [-0.15, -0.1) is 13.2 Å². The van der Waals surface area contributed by atoms with Crippen molar-refractivity contribution in [3.63, 3.8) is 0 Å². The van der Waals surface area contributed by atoms with E-state index in [9.17, 15) is 22.8 Å². The number of carbonyl (C=O) groups is 2. The summed E-state index contributed by atoms with van der Waals surface area (Å²) >= 11 is 0. The molecule has 0 aromatic heterocycles. The summed E-state index contributed by atoms with van der Waals surface area (Å²) in [6.07, 6.45) is -3.07. The Kier molecular flexibility index (Phi) is 7.88. The van der Waals surface area contributed by atoms with Crippen molar-refractivity contribution < 1.29 is 32.2 Å². The van der Waals surface area contributed by atoms with Crippen LogP contribution in [0.25, 0.3) is 0 Å². The van der Waals surface area contributed by atoms with E-state index in [0.717, 1.165) is 12.8 Å². The maximum Gasteiger partial charge on any atom is 0.573 e. The summed E-state index contributed by atoms with van der Waals surface area (Å²) in [7, 11) is 0. The monoisotopic (exact) mass is 410 g/mol. The number of amides is 2. The van der Waals surface area contributed by atoms with Crippen molar-refractivity contribution in [1.29, 1.82) is 0 Å². The first-order chi connectivity index (χ1) is 13.8. The average molecular weight is 410 g/mol. The molecule has 2 amide bonds. The number of hydrogen-bond acceptors (Lipinski definition) is 4. The summed E-state index contributed by atoms with van der Waals surface area (Å²) in [5, 5.41) is 5.10. The van der Waals surface area contributed by atoms with Gasteiger partial charge in [0.25, 0.3) is 0 Å². The number of esters is 1. The first kappa shape index (κ1) is 22.1. The second-order valence-corrected chi connectivity index (χ2v) is 6.07. The lowest BCUT2D eigenvalue weighted by atomic mass is 10.2. The minimum Gasteiger partial charge on any atom is -0.462 e. The second-order valence-electron chi connectivity index (χ2n) is 6.07. The highest BCUT2D eigenvalue weighted by Crippen LogP contribution is 2.23. The largest absolute Gasteiger partial charge is 0.573 e. The number of ether oxygens (including phenoxy) is 2. The Morgan fingerprint density at radius 3 is 2.45 bits per heavy atom. The van der Waals surface area contributed by atoms with E-state index in [1.165, 1.54) is 30.3 Å². The van der Waals surface area contributed by atoms with E-state index in [4.69, 9.17) is 4.74 Å². The molecule has 29 heavy (non-hydrogen) atoms. The Labute approximate surface area is 166 Å². The van der Waals surface area contributed by atoms with E-state index in [-0.39, 0.29) is 12.3 Å². The Morgan fingerprint density at radius 2 is 1.79 bits per heavy atom. The van der Waals surface area contributed by atoms with Crippen molar-refractivity contribution in [1.82, 2.24) is 5.32 Å². The highest BCUT2D eigenvalue weighted by molar-refractivity contribution is 5.92. The van der Waals surface area contributed by atoms with Crippen LogP contribution in [0.5, 0.6) is 5.75 Å². The SMILES string of the molecule is CCCCOC(=O)c1ccc(NC(=O)NCc2cccc(OC(F)(F)F)c2)cc1. The molecule has 0 aliphatic carbocycles. The second kappa shape index (κ2) is 10.4. The van der Waals surface area contributed by atoms with Gasteiger partial charge in [-0.05, 0) is 48.4 Å².